The summed E-state index contributed by atoms with van der Waals surface area (Å²) in [6, 6.07) is 64.4. The zero-order valence-corrected chi connectivity index (χ0v) is 31.8. The normalized spacial score (nSPS) is 11.4. The summed E-state index contributed by atoms with van der Waals surface area (Å²) in [7, 11) is 0. The van der Waals surface area contributed by atoms with E-state index in [1.54, 1.807) is 0 Å². The van der Waals surface area contributed by atoms with Crippen molar-refractivity contribution in [3.63, 3.8) is 0 Å². The minimum absolute atomic E-state index is 0.581. The highest BCUT2D eigenvalue weighted by atomic mass is 32.1. The standard InChI is InChI=1S/C49H30N4S.C2H6/c1-3-13-31(14-4-1)32-25-27-35(28-26-32)48-50-47(34-16-5-2-6-17-34)51-49(52-48)53-45-36-18-8-7-15-33(36)29-30-40(45)39-22-11-21-38(46(39)53)37-20-12-24-43-44(37)41-19-9-10-23-42(41)54-43;1-2/h1-30H;1-2H3. The Kier molecular flexibility index (Phi) is 8.42. The molecule has 266 valence electrons. The summed E-state index contributed by atoms with van der Waals surface area (Å²) in [6.07, 6.45) is 0. The monoisotopic (exact) mass is 736 g/mol. The van der Waals surface area contributed by atoms with Gasteiger partial charge >= 0.3 is 0 Å². The van der Waals surface area contributed by atoms with E-state index in [-0.39, 0.29) is 0 Å². The van der Waals surface area contributed by atoms with E-state index in [4.69, 9.17) is 15.0 Å². The van der Waals surface area contributed by atoms with Crippen molar-refractivity contribution >= 4 is 64.1 Å². The van der Waals surface area contributed by atoms with Gasteiger partial charge in [0, 0.05) is 53.0 Å². The van der Waals surface area contributed by atoms with Crippen LogP contribution in [-0.4, -0.2) is 19.5 Å². The number of hydrogen-bond acceptors (Lipinski definition) is 4. The first-order chi connectivity index (χ1) is 27.8. The molecular weight excluding hydrogens is 701 g/mol. The summed E-state index contributed by atoms with van der Waals surface area (Å²) in [5.41, 5.74) is 8.65. The number of rotatable bonds is 5. The van der Waals surface area contributed by atoms with Crippen molar-refractivity contribution in [1.82, 2.24) is 19.5 Å². The van der Waals surface area contributed by atoms with Gasteiger partial charge in [0.1, 0.15) is 0 Å². The van der Waals surface area contributed by atoms with E-state index in [0.717, 1.165) is 54.8 Å². The van der Waals surface area contributed by atoms with Gasteiger partial charge in [-0.1, -0.05) is 184 Å². The van der Waals surface area contributed by atoms with E-state index in [2.05, 4.69) is 162 Å². The topological polar surface area (TPSA) is 43.6 Å². The Balaban J connectivity index is 0.00000189. The Labute approximate surface area is 329 Å². The van der Waals surface area contributed by atoms with Crippen molar-refractivity contribution in [1.29, 1.82) is 0 Å². The van der Waals surface area contributed by atoms with Gasteiger partial charge in [-0.25, -0.2) is 4.98 Å². The number of nitrogens with zero attached hydrogens (tertiary/aromatic N) is 4. The lowest BCUT2D eigenvalue weighted by Gasteiger charge is -2.14. The molecule has 0 aliphatic heterocycles. The molecule has 11 rings (SSSR count). The van der Waals surface area contributed by atoms with Crippen molar-refractivity contribution in [2.45, 2.75) is 13.8 Å². The van der Waals surface area contributed by atoms with Gasteiger partial charge in [-0.15, -0.1) is 11.3 Å². The van der Waals surface area contributed by atoms with Crippen molar-refractivity contribution in [2.75, 3.05) is 0 Å². The zero-order chi connectivity index (χ0) is 37.6. The molecule has 4 nitrogen and oxygen atoms in total. The first-order valence-corrected chi connectivity index (χ1v) is 19.9. The summed E-state index contributed by atoms with van der Waals surface area (Å²) in [5.74, 6) is 1.83. The number of hydrogen-bond donors (Lipinski definition) is 0. The van der Waals surface area contributed by atoms with E-state index >= 15 is 0 Å². The lowest BCUT2D eigenvalue weighted by Crippen LogP contribution is -2.07. The van der Waals surface area contributed by atoms with Crippen molar-refractivity contribution in [3.05, 3.63) is 182 Å². The van der Waals surface area contributed by atoms with E-state index in [0.29, 0.717) is 17.6 Å². The Hall–Kier alpha value is -6.95. The number of para-hydroxylation sites is 1. The fraction of sp³-hybridized carbons (Fsp3) is 0.0392. The van der Waals surface area contributed by atoms with Gasteiger partial charge in [0.25, 0.3) is 0 Å². The van der Waals surface area contributed by atoms with Gasteiger partial charge < -0.3 is 0 Å². The maximum atomic E-state index is 5.36. The first-order valence-electron chi connectivity index (χ1n) is 19.1. The Morgan fingerprint density at radius 3 is 1.68 bits per heavy atom. The summed E-state index contributed by atoms with van der Waals surface area (Å²) in [4.78, 5) is 15.8. The predicted molar refractivity (Wildman–Crippen MR) is 238 cm³/mol. The van der Waals surface area contributed by atoms with Crippen LogP contribution >= 0.6 is 11.3 Å². The second-order valence-electron chi connectivity index (χ2n) is 13.6. The second-order valence-corrected chi connectivity index (χ2v) is 14.7. The average molecular weight is 737 g/mol. The van der Waals surface area contributed by atoms with Crippen LogP contribution in [0.3, 0.4) is 0 Å². The highest BCUT2D eigenvalue weighted by Gasteiger charge is 2.23. The molecule has 0 saturated heterocycles. The molecule has 0 atom stereocenters. The smallest absolute Gasteiger partial charge is 0.238 e. The molecule has 8 aromatic carbocycles. The molecule has 5 heteroatoms. The Morgan fingerprint density at radius 1 is 0.375 bits per heavy atom. The van der Waals surface area contributed by atoms with Gasteiger partial charge in [-0.05, 0) is 34.2 Å². The zero-order valence-electron chi connectivity index (χ0n) is 31.0. The van der Waals surface area contributed by atoms with E-state index in [1.807, 2.05) is 49.4 Å². The molecule has 0 spiro atoms. The number of fused-ring (bicyclic) bond motifs is 8. The maximum absolute atomic E-state index is 5.36. The molecule has 0 aliphatic rings. The van der Waals surface area contributed by atoms with Crippen LogP contribution in [0.25, 0.3) is 104 Å². The molecule has 11 aromatic rings. The molecule has 56 heavy (non-hydrogen) atoms. The molecule has 0 aliphatic carbocycles. The van der Waals surface area contributed by atoms with Crippen LogP contribution < -0.4 is 0 Å². The molecule has 0 radical (unpaired) electrons. The second kappa shape index (κ2) is 14.0. The molecule has 0 saturated carbocycles. The Bertz CT molecular complexity index is 3200. The lowest BCUT2D eigenvalue weighted by atomic mass is 9.97. The molecular formula is C51H36N4S. The molecule has 0 amide bonds. The van der Waals surface area contributed by atoms with Crippen molar-refractivity contribution < 1.29 is 0 Å². The fourth-order valence-electron chi connectivity index (χ4n) is 8.00. The molecule has 0 bridgehead atoms. The maximum Gasteiger partial charge on any atom is 0.238 e. The summed E-state index contributed by atoms with van der Waals surface area (Å²) in [6.45, 7) is 4.00. The predicted octanol–water partition coefficient (Wildman–Crippen LogP) is 14.2. The van der Waals surface area contributed by atoms with Crippen LogP contribution in [0.1, 0.15) is 13.8 Å². The average Bonchev–Trinajstić information content (AvgIpc) is 3.84. The summed E-state index contributed by atoms with van der Waals surface area (Å²) >= 11 is 1.84. The van der Waals surface area contributed by atoms with Crippen LogP contribution in [0.15, 0.2) is 182 Å². The fourth-order valence-corrected chi connectivity index (χ4v) is 9.13. The van der Waals surface area contributed by atoms with Crippen LogP contribution in [-0.2, 0) is 0 Å². The molecule has 0 N–H and O–H groups in total. The molecule has 3 aromatic heterocycles. The SMILES string of the molecule is CC.c1ccc(-c2ccc(-c3nc(-c4ccccc4)nc(-n4c5c(-c6cccc7sc8ccccc8c67)cccc5c5ccc6ccccc6c54)n3)cc2)cc1. The highest BCUT2D eigenvalue weighted by molar-refractivity contribution is 7.25. The Morgan fingerprint density at radius 2 is 0.911 bits per heavy atom. The highest BCUT2D eigenvalue weighted by Crippen LogP contribution is 2.45. The van der Waals surface area contributed by atoms with E-state index in [9.17, 15) is 0 Å². The molecule has 0 unspecified atom stereocenters. The van der Waals surface area contributed by atoms with Crippen LogP contribution in [0.5, 0.6) is 0 Å². The number of thiophene rings is 1. The number of benzene rings is 8. The van der Waals surface area contributed by atoms with Crippen LogP contribution in [0.4, 0.5) is 0 Å². The minimum Gasteiger partial charge on any atom is -0.277 e. The van der Waals surface area contributed by atoms with Gasteiger partial charge in [0.2, 0.25) is 5.95 Å². The molecule has 3 heterocycles. The largest absolute Gasteiger partial charge is 0.277 e. The lowest BCUT2D eigenvalue weighted by molar-refractivity contribution is 0.955. The van der Waals surface area contributed by atoms with Gasteiger partial charge in [0.05, 0.1) is 11.0 Å². The third kappa shape index (κ3) is 5.55. The summed E-state index contributed by atoms with van der Waals surface area (Å²) in [5, 5.41) is 7.16. The summed E-state index contributed by atoms with van der Waals surface area (Å²) < 4.78 is 4.85. The third-order valence-corrected chi connectivity index (χ3v) is 11.6. The minimum atomic E-state index is 0.581. The third-order valence-electron chi connectivity index (χ3n) is 10.5. The van der Waals surface area contributed by atoms with Gasteiger partial charge in [-0.3, -0.25) is 4.57 Å². The van der Waals surface area contributed by atoms with E-state index in [1.165, 1.54) is 31.3 Å². The molecule has 0 fully saturated rings. The van der Waals surface area contributed by atoms with Gasteiger partial charge in [-0.2, -0.15) is 9.97 Å². The van der Waals surface area contributed by atoms with Gasteiger partial charge in [0.15, 0.2) is 11.6 Å². The van der Waals surface area contributed by atoms with Crippen molar-refractivity contribution in [3.8, 4) is 51.0 Å². The van der Waals surface area contributed by atoms with Crippen LogP contribution in [0, 0.1) is 0 Å². The first kappa shape index (κ1) is 33.6. The van der Waals surface area contributed by atoms with E-state index < -0.39 is 0 Å². The van der Waals surface area contributed by atoms with Crippen LogP contribution in [0.2, 0.25) is 0 Å². The van der Waals surface area contributed by atoms with Crippen molar-refractivity contribution in [2.24, 2.45) is 0 Å². The quantitative estimate of drug-likeness (QED) is 0.177. The number of aromatic nitrogens is 4.